The Morgan fingerprint density at radius 3 is 2.12 bits per heavy atom. The molecule has 0 aromatic rings. The van der Waals surface area contributed by atoms with Crippen LogP contribution in [0.15, 0.2) is 0 Å². The Morgan fingerprint density at radius 1 is 1.12 bits per heavy atom. The highest BCUT2D eigenvalue weighted by atomic mass is 35.5. The first-order valence-corrected chi connectivity index (χ1v) is 7.17. The van der Waals surface area contributed by atoms with Crippen molar-refractivity contribution in [3.63, 3.8) is 0 Å². The van der Waals surface area contributed by atoms with Crippen LogP contribution in [0.4, 0.5) is 0 Å². The second-order valence-corrected chi connectivity index (χ2v) is 6.82. The smallest absolute Gasteiger partial charge is 0.00482 e. The van der Waals surface area contributed by atoms with E-state index in [9.17, 15) is 0 Å². The maximum absolute atomic E-state index is 3.53. The van der Waals surface area contributed by atoms with Crippen molar-refractivity contribution in [2.45, 2.75) is 39.0 Å². The highest BCUT2D eigenvalue weighted by Crippen LogP contribution is 2.35. The van der Waals surface area contributed by atoms with Crippen LogP contribution in [0.25, 0.3) is 0 Å². The molecule has 2 saturated carbocycles. The van der Waals surface area contributed by atoms with Gasteiger partial charge < -0.3 is 10.2 Å². The molecule has 0 bridgehead atoms. The zero-order chi connectivity index (χ0) is 11.0. The first-order chi connectivity index (χ1) is 7.73. The average Bonchev–Trinajstić information content (AvgIpc) is 3.12. The number of nitrogens with zero attached hydrogens (tertiary/aromatic N) is 1. The molecule has 3 fully saturated rings. The predicted molar refractivity (Wildman–Crippen MR) is 74.7 cm³/mol. The van der Waals surface area contributed by atoms with E-state index in [0.717, 1.165) is 11.8 Å². The second kappa shape index (κ2) is 5.46. The molecule has 3 aliphatic rings. The van der Waals surface area contributed by atoms with E-state index in [1.54, 1.807) is 0 Å². The minimum atomic E-state index is 0. The SMILES string of the molecule is CC1(CN(CC2CC2)CC2CC2)CCNC1.Cl. The van der Waals surface area contributed by atoms with Gasteiger partial charge in [0.05, 0.1) is 0 Å². The van der Waals surface area contributed by atoms with Crippen LogP contribution in [0.2, 0.25) is 0 Å². The summed E-state index contributed by atoms with van der Waals surface area (Å²) in [5, 5.41) is 3.53. The molecule has 2 aliphatic carbocycles. The summed E-state index contributed by atoms with van der Waals surface area (Å²) in [6, 6.07) is 0. The Labute approximate surface area is 112 Å². The summed E-state index contributed by atoms with van der Waals surface area (Å²) in [7, 11) is 0. The van der Waals surface area contributed by atoms with E-state index in [0.29, 0.717) is 5.41 Å². The number of hydrogen-bond acceptors (Lipinski definition) is 2. The fourth-order valence-corrected chi connectivity index (χ4v) is 3.08. The van der Waals surface area contributed by atoms with Gasteiger partial charge in [-0.1, -0.05) is 6.92 Å². The van der Waals surface area contributed by atoms with E-state index >= 15 is 0 Å². The van der Waals surface area contributed by atoms with Crippen molar-refractivity contribution in [3.8, 4) is 0 Å². The van der Waals surface area contributed by atoms with Gasteiger partial charge in [-0.15, -0.1) is 12.4 Å². The molecular formula is C14H27ClN2. The van der Waals surface area contributed by atoms with Gasteiger partial charge in [0, 0.05) is 26.2 Å². The molecule has 1 heterocycles. The summed E-state index contributed by atoms with van der Waals surface area (Å²) in [6.45, 7) is 9.07. The first-order valence-electron chi connectivity index (χ1n) is 7.17. The van der Waals surface area contributed by atoms with Crippen LogP contribution in [-0.2, 0) is 0 Å². The van der Waals surface area contributed by atoms with Crippen molar-refractivity contribution in [1.29, 1.82) is 0 Å². The maximum Gasteiger partial charge on any atom is 0.00482 e. The zero-order valence-electron chi connectivity index (χ0n) is 11.1. The molecule has 0 spiro atoms. The van der Waals surface area contributed by atoms with Crippen molar-refractivity contribution in [1.82, 2.24) is 10.2 Å². The van der Waals surface area contributed by atoms with Crippen molar-refractivity contribution >= 4 is 12.4 Å². The molecule has 0 amide bonds. The Morgan fingerprint density at radius 2 is 1.71 bits per heavy atom. The molecule has 100 valence electrons. The number of nitrogens with one attached hydrogen (secondary N) is 1. The lowest BCUT2D eigenvalue weighted by atomic mass is 9.89. The van der Waals surface area contributed by atoms with E-state index in [1.807, 2.05) is 0 Å². The van der Waals surface area contributed by atoms with E-state index in [4.69, 9.17) is 0 Å². The summed E-state index contributed by atoms with van der Waals surface area (Å²) in [6.07, 6.45) is 7.36. The van der Waals surface area contributed by atoms with Crippen LogP contribution >= 0.6 is 12.4 Å². The van der Waals surface area contributed by atoms with Crippen LogP contribution in [0.1, 0.15) is 39.0 Å². The number of rotatable bonds is 6. The van der Waals surface area contributed by atoms with Gasteiger partial charge in [0.25, 0.3) is 0 Å². The molecule has 1 aliphatic heterocycles. The number of hydrogen-bond donors (Lipinski definition) is 1. The average molecular weight is 259 g/mol. The molecule has 1 unspecified atom stereocenters. The third kappa shape index (κ3) is 4.11. The summed E-state index contributed by atoms with van der Waals surface area (Å²) in [5.41, 5.74) is 0.559. The van der Waals surface area contributed by atoms with Crippen molar-refractivity contribution in [2.75, 3.05) is 32.7 Å². The quantitative estimate of drug-likeness (QED) is 0.788. The highest BCUT2D eigenvalue weighted by Gasteiger charge is 2.35. The Hall–Kier alpha value is 0.210. The summed E-state index contributed by atoms with van der Waals surface area (Å²) < 4.78 is 0. The predicted octanol–water partition coefficient (Wildman–Crippen LogP) is 2.53. The molecule has 1 saturated heterocycles. The molecule has 1 N–H and O–H groups in total. The molecule has 2 nitrogen and oxygen atoms in total. The van der Waals surface area contributed by atoms with Crippen LogP contribution in [0.3, 0.4) is 0 Å². The van der Waals surface area contributed by atoms with Crippen LogP contribution in [0, 0.1) is 17.3 Å². The minimum absolute atomic E-state index is 0. The Balaban J connectivity index is 0.00000108. The molecule has 0 aromatic carbocycles. The van der Waals surface area contributed by atoms with Crippen LogP contribution in [-0.4, -0.2) is 37.6 Å². The topological polar surface area (TPSA) is 15.3 Å². The monoisotopic (exact) mass is 258 g/mol. The second-order valence-electron chi connectivity index (χ2n) is 6.82. The molecule has 0 aromatic heterocycles. The Kier molecular flexibility index (Phi) is 4.38. The van der Waals surface area contributed by atoms with Gasteiger partial charge in [-0.25, -0.2) is 0 Å². The lowest BCUT2D eigenvalue weighted by molar-refractivity contribution is 0.165. The zero-order valence-corrected chi connectivity index (χ0v) is 11.9. The van der Waals surface area contributed by atoms with E-state index in [1.165, 1.54) is 64.8 Å². The fraction of sp³-hybridized carbons (Fsp3) is 1.00. The normalized spacial score (nSPS) is 32.8. The third-order valence-corrected chi connectivity index (χ3v) is 4.49. The maximum atomic E-state index is 3.53. The van der Waals surface area contributed by atoms with Crippen LogP contribution in [0.5, 0.6) is 0 Å². The van der Waals surface area contributed by atoms with Crippen molar-refractivity contribution < 1.29 is 0 Å². The largest absolute Gasteiger partial charge is 0.316 e. The van der Waals surface area contributed by atoms with Gasteiger partial charge in [0.2, 0.25) is 0 Å². The Bertz CT molecular complexity index is 229. The van der Waals surface area contributed by atoms with Gasteiger partial charge in [-0.3, -0.25) is 0 Å². The van der Waals surface area contributed by atoms with E-state index in [-0.39, 0.29) is 12.4 Å². The highest BCUT2D eigenvalue weighted by molar-refractivity contribution is 5.85. The number of halogens is 1. The van der Waals surface area contributed by atoms with E-state index < -0.39 is 0 Å². The van der Waals surface area contributed by atoms with Gasteiger partial charge in [-0.05, 0) is 55.9 Å². The summed E-state index contributed by atoms with van der Waals surface area (Å²) in [4.78, 5) is 2.79. The van der Waals surface area contributed by atoms with Crippen LogP contribution < -0.4 is 5.32 Å². The van der Waals surface area contributed by atoms with Gasteiger partial charge >= 0.3 is 0 Å². The lowest BCUT2D eigenvalue weighted by Crippen LogP contribution is -2.39. The molecular weight excluding hydrogens is 232 g/mol. The third-order valence-electron chi connectivity index (χ3n) is 4.49. The summed E-state index contributed by atoms with van der Waals surface area (Å²) >= 11 is 0. The molecule has 3 heteroatoms. The first kappa shape index (κ1) is 13.6. The van der Waals surface area contributed by atoms with Gasteiger partial charge in [0.15, 0.2) is 0 Å². The standard InChI is InChI=1S/C14H26N2.ClH/c1-14(6-7-15-10-14)11-16(8-12-2-3-12)9-13-4-5-13;/h12-13,15H,2-11H2,1H3;1H. The van der Waals surface area contributed by atoms with E-state index in [2.05, 4.69) is 17.1 Å². The summed E-state index contributed by atoms with van der Waals surface area (Å²) in [5.74, 6) is 2.11. The lowest BCUT2D eigenvalue weighted by Gasteiger charge is -2.32. The molecule has 3 rings (SSSR count). The fourth-order valence-electron chi connectivity index (χ4n) is 3.08. The molecule has 1 atom stereocenters. The minimum Gasteiger partial charge on any atom is -0.316 e. The molecule has 17 heavy (non-hydrogen) atoms. The van der Waals surface area contributed by atoms with Crippen molar-refractivity contribution in [3.05, 3.63) is 0 Å². The molecule has 0 radical (unpaired) electrons. The van der Waals surface area contributed by atoms with Gasteiger partial charge in [-0.2, -0.15) is 0 Å². The van der Waals surface area contributed by atoms with Crippen molar-refractivity contribution in [2.24, 2.45) is 17.3 Å². The van der Waals surface area contributed by atoms with Gasteiger partial charge in [0.1, 0.15) is 0 Å².